The summed E-state index contributed by atoms with van der Waals surface area (Å²) in [6.07, 6.45) is 0.838. The molecule has 4 nitrogen and oxygen atoms in total. The van der Waals surface area contributed by atoms with E-state index in [4.69, 9.17) is 16.3 Å². The Balaban J connectivity index is 2.18. The van der Waals surface area contributed by atoms with Crippen molar-refractivity contribution < 1.29 is 17.5 Å². The van der Waals surface area contributed by atoms with E-state index in [-0.39, 0.29) is 27.6 Å². The van der Waals surface area contributed by atoms with E-state index < -0.39 is 15.7 Å². The molecule has 7 heteroatoms. The number of ether oxygens (including phenoxy) is 1. The van der Waals surface area contributed by atoms with Gasteiger partial charge in [-0.25, -0.2) is 12.8 Å². The normalized spacial score (nSPS) is 21.1. The van der Waals surface area contributed by atoms with Crippen LogP contribution in [-0.2, 0) is 14.6 Å². The number of sulfone groups is 1. The molecule has 0 aromatic heterocycles. The van der Waals surface area contributed by atoms with Crippen LogP contribution in [0.4, 0.5) is 4.39 Å². The molecule has 1 fully saturated rings. The molecule has 112 valence electrons. The van der Waals surface area contributed by atoms with Gasteiger partial charge in [-0.1, -0.05) is 11.6 Å². The van der Waals surface area contributed by atoms with Crippen molar-refractivity contribution in [3.05, 3.63) is 29.0 Å². The molecule has 1 aromatic rings. The van der Waals surface area contributed by atoms with E-state index in [1.165, 1.54) is 6.07 Å². The van der Waals surface area contributed by atoms with Gasteiger partial charge in [0, 0.05) is 18.6 Å². The number of halogens is 2. The van der Waals surface area contributed by atoms with Gasteiger partial charge < -0.3 is 10.1 Å². The minimum atomic E-state index is -3.52. The predicted molar refractivity (Wildman–Crippen MR) is 75.2 cm³/mol. The fourth-order valence-electron chi connectivity index (χ4n) is 2.33. The lowest BCUT2D eigenvalue weighted by Gasteiger charge is -2.21. The van der Waals surface area contributed by atoms with E-state index in [1.807, 2.05) is 0 Å². The molecule has 2 unspecified atom stereocenters. The lowest BCUT2D eigenvalue weighted by atomic mass is 10.0. The lowest BCUT2D eigenvalue weighted by Crippen LogP contribution is -2.40. The fraction of sp³-hybridized carbons (Fsp3) is 0.538. The first-order valence-electron chi connectivity index (χ1n) is 6.37. The van der Waals surface area contributed by atoms with Crippen LogP contribution >= 0.6 is 11.6 Å². The second-order valence-corrected chi connectivity index (χ2v) is 7.32. The molecule has 0 radical (unpaired) electrons. The Labute approximate surface area is 123 Å². The van der Waals surface area contributed by atoms with Crippen LogP contribution in [0.5, 0.6) is 0 Å². The number of hydrogen-bond acceptors (Lipinski definition) is 4. The molecule has 20 heavy (non-hydrogen) atoms. The Morgan fingerprint density at radius 1 is 1.55 bits per heavy atom. The van der Waals surface area contributed by atoms with Crippen molar-refractivity contribution in [2.75, 3.05) is 26.0 Å². The van der Waals surface area contributed by atoms with Gasteiger partial charge in [0.1, 0.15) is 5.82 Å². The van der Waals surface area contributed by atoms with Crippen molar-refractivity contribution in [2.45, 2.75) is 17.4 Å². The molecule has 0 spiro atoms. The molecule has 0 aliphatic carbocycles. The monoisotopic (exact) mass is 321 g/mol. The van der Waals surface area contributed by atoms with Crippen LogP contribution < -0.4 is 5.32 Å². The van der Waals surface area contributed by atoms with Gasteiger partial charge in [-0.3, -0.25) is 0 Å². The van der Waals surface area contributed by atoms with Crippen molar-refractivity contribution in [1.82, 2.24) is 5.32 Å². The SMILES string of the molecule is CNC(CS(=O)(=O)c1ccc(F)c(Cl)c1)C1CCOC1. The van der Waals surface area contributed by atoms with Gasteiger partial charge in [0.25, 0.3) is 0 Å². The molecule has 1 N–H and O–H groups in total. The number of benzene rings is 1. The third kappa shape index (κ3) is 3.49. The first-order valence-corrected chi connectivity index (χ1v) is 8.40. The Hall–Kier alpha value is -0.690. The summed E-state index contributed by atoms with van der Waals surface area (Å²) in [4.78, 5) is 0.0445. The van der Waals surface area contributed by atoms with Crippen LogP contribution in [0, 0.1) is 11.7 Å². The minimum Gasteiger partial charge on any atom is -0.381 e. The Kier molecular flexibility index (Phi) is 5.01. The fourth-order valence-corrected chi connectivity index (χ4v) is 4.25. The molecular formula is C13H17ClFNO3S. The Bertz CT molecular complexity index is 573. The van der Waals surface area contributed by atoms with Gasteiger partial charge in [-0.2, -0.15) is 0 Å². The van der Waals surface area contributed by atoms with Gasteiger partial charge >= 0.3 is 0 Å². The van der Waals surface area contributed by atoms with E-state index in [2.05, 4.69) is 5.32 Å². The largest absolute Gasteiger partial charge is 0.381 e. The quantitative estimate of drug-likeness (QED) is 0.841. The zero-order valence-corrected chi connectivity index (χ0v) is 12.7. The predicted octanol–water partition coefficient (Wildman–Crippen LogP) is 1.88. The second kappa shape index (κ2) is 6.39. The van der Waals surface area contributed by atoms with Crippen molar-refractivity contribution in [1.29, 1.82) is 0 Å². The van der Waals surface area contributed by atoms with Crippen LogP contribution in [0.25, 0.3) is 0 Å². The molecule has 1 heterocycles. The summed E-state index contributed by atoms with van der Waals surface area (Å²) in [5.41, 5.74) is 0. The molecule has 1 aromatic carbocycles. The lowest BCUT2D eigenvalue weighted by molar-refractivity contribution is 0.179. The van der Waals surface area contributed by atoms with E-state index >= 15 is 0 Å². The third-order valence-corrected chi connectivity index (χ3v) is 5.61. The summed E-state index contributed by atoms with van der Waals surface area (Å²) in [6, 6.07) is 3.28. The summed E-state index contributed by atoms with van der Waals surface area (Å²) < 4.78 is 43.1. The summed E-state index contributed by atoms with van der Waals surface area (Å²) in [5.74, 6) is -0.509. The maximum Gasteiger partial charge on any atom is 0.179 e. The van der Waals surface area contributed by atoms with Gasteiger partial charge in [-0.05, 0) is 31.7 Å². The average molecular weight is 322 g/mol. The molecule has 0 saturated carbocycles. The summed E-state index contributed by atoms with van der Waals surface area (Å²) in [6.45, 7) is 1.22. The average Bonchev–Trinajstić information content (AvgIpc) is 2.93. The number of nitrogens with one attached hydrogen (secondary N) is 1. The molecule has 0 amide bonds. The van der Waals surface area contributed by atoms with Crippen molar-refractivity contribution in [3.63, 3.8) is 0 Å². The third-order valence-electron chi connectivity index (χ3n) is 3.55. The summed E-state index contributed by atoms with van der Waals surface area (Å²) in [5, 5.41) is 2.85. The highest BCUT2D eigenvalue weighted by Crippen LogP contribution is 2.23. The highest BCUT2D eigenvalue weighted by atomic mass is 35.5. The van der Waals surface area contributed by atoms with Crippen LogP contribution in [0.1, 0.15) is 6.42 Å². The number of hydrogen-bond donors (Lipinski definition) is 1. The molecule has 1 aliphatic rings. The van der Waals surface area contributed by atoms with Gasteiger partial charge in [0.15, 0.2) is 9.84 Å². The standard InChI is InChI=1S/C13H17ClFNO3S/c1-16-13(9-4-5-19-7-9)8-20(17,18)10-2-3-12(15)11(14)6-10/h2-3,6,9,13,16H,4-5,7-8H2,1H3. The second-order valence-electron chi connectivity index (χ2n) is 4.88. The number of rotatable bonds is 5. The van der Waals surface area contributed by atoms with Crippen molar-refractivity contribution >= 4 is 21.4 Å². The zero-order valence-electron chi connectivity index (χ0n) is 11.1. The topological polar surface area (TPSA) is 55.4 Å². The van der Waals surface area contributed by atoms with Crippen LogP contribution in [0.2, 0.25) is 5.02 Å². The molecular weight excluding hydrogens is 305 g/mol. The van der Waals surface area contributed by atoms with Crippen LogP contribution in [0.15, 0.2) is 23.1 Å². The van der Waals surface area contributed by atoms with Crippen LogP contribution in [-0.4, -0.2) is 40.5 Å². The smallest absolute Gasteiger partial charge is 0.179 e. The van der Waals surface area contributed by atoms with Gasteiger partial charge in [0.05, 0.1) is 22.3 Å². The van der Waals surface area contributed by atoms with Gasteiger partial charge in [-0.15, -0.1) is 0 Å². The maximum absolute atomic E-state index is 13.1. The van der Waals surface area contributed by atoms with Crippen molar-refractivity contribution in [3.8, 4) is 0 Å². The van der Waals surface area contributed by atoms with Gasteiger partial charge in [0.2, 0.25) is 0 Å². The van der Waals surface area contributed by atoms with E-state index in [0.29, 0.717) is 13.2 Å². The molecule has 0 bridgehead atoms. The van der Waals surface area contributed by atoms with Crippen molar-refractivity contribution in [2.24, 2.45) is 5.92 Å². The Morgan fingerprint density at radius 3 is 2.85 bits per heavy atom. The zero-order chi connectivity index (χ0) is 14.8. The molecule has 1 saturated heterocycles. The molecule has 2 rings (SSSR count). The Morgan fingerprint density at radius 2 is 2.30 bits per heavy atom. The van der Waals surface area contributed by atoms with Crippen LogP contribution in [0.3, 0.4) is 0 Å². The highest BCUT2D eigenvalue weighted by Gasteiger charge is 2.29. The van der Waals surface area contributed by atoms with E-state index in [0.717, 1.165) is 18.6 Å². The molecule has 1 aliphatic heterocycles. The first kappa shape index (κ1) is 15.7. The van der Waals surface area contributed by atoms with E-state index in [1.54, 1.807) is 7.05 Å². The highest BCUT2D eigenvalue weighted by molar-refractivity contribution is 7.91. The maximum atomic E-state index is 13.1. The summed E-state index contributed by atoms with van der Waals surface area (Å²) >= 11 is 5.64. The minimum absolute atomic E-state index is 0.0445. The molecule has 2 atom stereocenters. The van der Waals surface area contributed by atoms with E-state index in [9.17, 15) is 12.8 Å². The summed E-state index contributed by atoms with van der Waals surface area (Å²) in [7, 11) is -1.79. The first-order chi connectivity index (χ1) is 9.44.